The molecule has 0 aromatic rings. The highest BCUT2D eigenvalue weighted by atomic mass is 16.3. The summed E-state index contributed by atoms with van der Waals surface area (Å²) in [5, 5.41) is 28.4. The van der Waals surface area contributed by atoms with Crippen molar-refractivity contribution in [1.82, 2.24) is 4.90 Å². The molecule has 2 fully saturated rings. The molecule has 0 aromatic heterocycles. The molecule has 2 aliphatic heterocycles. The zero-order chi connectivity index (χ0) is 8.72. The van der Waals surface area contributed by atoms with E-state index in [9.17, 15) is 15.3 Å². The molecular weight excluding hydrogens is 158 g/mol. The van der Waals surface area contributed by atoms with Crippen molar-refractivity contribution in [3.05, 3.63) is 0 Å². The van der Waals surface area contributed by atoms with Gasteiger partial charge in [-0.2, -0.15) is 0 Å². The van der Waals surface area contributed by atoms with Crippen LogP contribution in [0.25, 0.3) is 0 Å². The van der Waals surface area contributed by atoms with Gasteiger partial charge in [-0.05, 0) is 6.42 Å². The topological polar surface area (TPSA) is 63.9 Å². The molecule has 3 N–H and O–H groups in total. The van der Waals surface area contributed by atoms with Crippen LogP contribution in [0.3, 0.4) is 0 Å². The molecule has 4 nitrogen and oxygen atoms in total. The first-order valence-electron chi connectivity index (χ1n) is 4.46. The van der Waals surface area contributed by atoms with Crippen molar-refractivity contribution in [3.63, 3.8) is 0 Å². The molecule has 70 valence electrons. The molecule has 2 saturated heterocycles. The fourth-order valence-electron chi connectivity index (χ4n) is 2.34. The normalized spacial score (nSPS) is 49.2. The molecule has 0 saturated carbocycles. The van der Waals surface area contributed by atoms with Crippen LogP contribution in [0.5, 0.6) is 0 Å². The van der Waals surface area contributed by atoms with Crippen LogP contribution in [0, 0.1) is 0 Å². The van der Waals surface area contributed by atoms with Gasteiger partial charge in [-0.25, -0.2) is 0 Å². The van der Waals surface area contributed by atoms with Crippen molar-refractivity contribution < 1.29 is 15.3 Å². The van der Waals surface area contributed by atoms with Gasteiger partial charge in [0.2, 0.25) is 0 Å². The largest absolute Gasteiger partial charge is 0.392 e. The molecular formula is C8H15NO3. The lowest BCUT2D eigenvalue weighted by molar-refractivity contribution is -0.0591. The summed E-state index contributed by atoms with van der Waals surface area (Å²) in [5.74, 6) is 0. The van der Waals surface area contributed by atoms with Crippen molar-refractivity contribution >= 4 is 0 Å². The first kappa shape index (κ1) is 8.44. The highest BCUT2D eigenvalue weighted by molar-refractivity contribution is 4.97. The van der Waals surface area contributed by atoms with Gasteiger partial charge in [0.05, 0.1) is 24.4 Å². The molecule has 0 aromatic carbocycles. The molecule has 0 spiro atoms. The van der Waals surface area contributed by atoms with Crippen LogP contribution < -0.4 is 0 Å². The number of hydrogen-bond donors (Lipinski definition) is 3. The zero-order valence-electron chi connectivity index (χ0n) is 6.93. The number of nitrogens with zero attached hydrogens (tertiary/aromatic N) is 1. The minimum absolute atomic E-state index is 0.131. The highest BCUT2D eigenvalue weighted by Crippen LogP contribution is 2.27. The molecule has 12 heavy (non-hydrogen) atoms. The van der Waals surface area contributed by atoms with Crippen molar-refractivity contribution in [2.75, 3.05) is 13.1 Å². The standard InChI is InChI=1S/C8H15NO3/c10-5-3-7(12)8-6(11)1-2-9(8)4-5/h5-8,10-12H,1-4H2/t5-,6-,7-,8?/m0/s1. The Morgan fingerprint density at radius 3 is 2.58 bits per heavy atom. The summed E-state index contributed by atoms with van der Waals surface area (Å²) in [5.41, 5.74) is 0. The van der Waals surface area contributed by atoms with Gasteiger partial charge in [0.15, 0.2) is 0 Å². The van der Waals surface area contributed by atoms with Gasteiger partial charge >= 0.3 is 0 Å². The first-order chi connectivity index (χ1) is 5.68. The van der Waals surface area contributed by atoms with E-state index in [1.54, 1.807) is 0 Å². The van der Waals surface area contributed by atoms with Gasteiger partial charge in [-0.15, -0.1) is 0 Å². The zero-order valence-corrected chi connectivity index (χ0v) is 6.93. The maximum absolute atomic E-state index is 9.56. The Morgan fingerprint density at radius 2 is 1.83 bits per heavy atom. The molecule has 0 aliphatic carbocycles. The summed E-state index contributed by atoms with van der Waals surface area (Å²) in [6, 6.07) is -0.131. The second kappa shape index (κ2) is 2.96. The van der Waals surface area contributed by atoms with Crippen LogP contribution in [-0.2, 0) is 0 Å². The third kappa shape index (κ3) is 1.25. The van der Waals surface area contributed by atoms with Crippen LogP contribution in [0.2, 0.25) is 0 Å². The SMILES string of the molecule is O[C@H]1C[C@H](O)C2[C@@H](O)CCN2C1. The Hall–Kier alpha value is -0.160. The van der Waals surface area contributed by atoms with E-state index in [1.165, 1.54) is 0 Å². The molecule has 4 heteroatoms. The van der Waals surface area contributed by atoms with E-state index >= 15 is 0 Å². The van der Waals surface area contributed by atoms with Crippen molar-refractivity contribution in [2.45, 2.75) is 37.2 Å². The number of hydrogen-bond acceptors (Lipinski definition) is 4. The Labute approximate surface area is 71.4 Å². The number of rotatable bonds is 0. The van der Waals surface area contributed by atoms with Gasteiger partial charge in [0, 0.05) is 19.5 Å². The fraction of sp³-hybridized carbons (Fsp3) is 1.00. The Kier molecular flexibility index (Phi) is 2.08. The van der Waals surface area contributed by atoms with Crippen LogP contribution in [0.15, 0.2) is 0 Å². The van der Waals surface area contributed by atoms with Crippen molar-refractivity contribution in [1.29, 1.82) is 0 Å². The van der Waals surface area contributed by atoms with Crippen LogP contribution >= 0.6 is 0 Å². The lowest BCUT2D eigenvalue weighted by atomic mass is 9.96. The monoisotopic (exact) mass is 173 g/mol. The van der Waals surface area contributed by atoms with Crippen LogP contribution in [-0.4, -0.2) is 57.7 Å². The summed E-state index contributed by atoms with van der Waals surface area (Å²) in [4.78, 5) is 1.98. The molecule has 0 radical (unpaired) electrons. The van der Waals surface area contributed by atoms with Crippen LogP contribution in [0.1, 0.15) is 12.8 Å². The van der Waals surface area contributed by atoms with E-state index in [-0.39, 0.29) is 6.04 Å². The highest BCUT2D eigenvalue weighted by Gasteiger charge is 2.42. The molecule has 2 heterocycles. The van der Waals surface area contributed by atoms with E-state index in [4.69, 9.17) is 0 Å². The van der Waals surface area contributed by atoms with Crippen molar-refractivity contribution in [3.8, 4) is 0 Å². The van der Waals surface area contributed by atoms with E-state index < -0.39 is 18.3 Å². The lowest BCUT2D eigenvalue weighted by Crippen LogP contribution is -2.53. The number of aliphatic hydroxyl groups is 3. The summed E-state index contributed by atoms with van der Waals surface area (Å²) in [6.45, 7) is 1.39. The predicted octanol–water partition coefficient (Wildman–Crippen LogP) is -1.45. The fourth-order valence-corrected chi connectivity index (χ4v) is 2.34. The molecule has 4 atom stereocenters. The summed E-state index contributed by atoms with van der Waals surface area (Å²) in [7, 11) is 0. The Morgan fingerprint density at radius 1 is 1.08 bits per heavy atom. The lowest BCUT2D eigenvalue weighted by Gasteiger charge is -2.37. The summed E-state index contributed by atoms with van der Waals surface area (Å²) >= 11 is 0. The van der Waals surface area contributed by atoms with Gasteiger partial charge in [0.1, 0.15) is 0 Å². The third-order valence-corrected chi connectivity index (χ3v) is 2.88. The van der Waals surface area contributed by atoms with Crippen molar-refractivity contribution in [2.24, 2.45) is 0 Å². The van der Waals surface area contributed by atoms with E-state index in [0.29, 0.717) is 19.4 Å². The quantitative estimate of drug-likeness (QED) is 0.419. The summed E-state index contributed by atoms with van der Waals surface area (Å²) < 4.78 is 0. The van der Waals surface area contributed by atoms with Crippen LogP contribution in [0.4, 0.5) is 0 Å². The maximum Gasteiger partial charge on any atom is 0.0745 e. The molecule has 0 amide bonds. The first-order valence-corrected chi connectivity index (χ1v) is 4.46. The van der Waals surface area contributed by atoms with Gasteiger partial charge < -0.3 is 15.3 Å². The van der Waals surface area contributed by atoms with Gasteiger partial charge in [-0.1, -0.05) is 0 Å². The Bertz CT molecular complexity index is 176. The number of aliphatic hydroxyl groups excluding tert-OH is 3. The molecule has 0 bridgehead atoms. The maximum atomic E-state index is 9.56. The molecule has 1 unspecified atom stereocenters. The smallest absolute Gasteiger partial charge is 0.0745 e. The van der Waals surface area contributed by atoms with Gasteiger partial charge in [-0.3, -0.25) is 4.90 Å². The molecule has 2 rings (SSSR count). The van der Waals surface area contributed by atoms with E-state index in [1.807, 2.05) is 4.90 Å². The average Bonchev–Trinajstić information content (AvgIpc) is 2.31. The predicted molar refractivity (Wildman–Crippen MR) is 42.6 cm³/mol. The minimum atomic E-state index is -0.564. The third-order valence-electron chi connectivity index (χ3n) is 2.88. The number of fused-ring (bicyclic) bond motifs is 1. The van der Waals surface area contributed by atoms with E-state index in [2.05, 4.69) is 0 Å². The second-order valence-electron chi connectivity index (χ2n) is 3.80. The summed E-state index contributed by atoms with van der Waals surface area (Å²) in [6.07, 6.45) is -0.285. The minimum Gasteiger partial charge on any atom is -0.392 e. The second-order valence-corrected chi connectivity index (χ2v) is 3.80. The Balaban J connectivity index is 2.09. The average molecular weight is 173 g/mol. The van der Waals surface area contributed by atoms with E-state index in [0.717, 1.165) is 6.54 Å². The molecule has 2 aliphatic rings. The number of piperidine rings is 1. The van der Waals surface area contributed by atoms with Gasteiger partial charge in [0.25, 0.3) is 0 Å².